The fourth-order valence-corrected chi connectivity index (χ4v) is 4.07. The zero-order valence-corrected chi connectivity index (χ0v) is 15.7. The van der Waals surface area contributed by atoms with E-state index in [4.69, 9.17) is 14.7 Å². The van der Waals surface area contributed by atoms with Gasteiger partial charge in [0.15, 0.2) is 0 Å². The minimum atomic E-state index is -0.223. The van der Waals surface area contributed by atoms with Crippen LogP contribution in [0.25, 0.3) is 0 Å². The third-order valence-corrected chi connectivity index (χ3v) is 5.51. The first-order valence-corrected chi connectivity index (χ1v) is 9.64. The third-order valence-electron chi connectivity index (χ3n) is 5.51. The number of nitriles is 1. The SMILES string of the molecule is N#Cc1cccc(C(=O)N2CC3(C[C@@H](CCOc4cccnc4)CCO3)C2)c1. The summed E-state index contributed by atoms with van der Waals surface area (Å²) in [5.41, 5.74) is 0.842. The second-order valence-corrected chi connectivity index (χ2v) is 7.57. The van der Waals surface area contributed by atoms with Crippen molar-refractivity contribution in [3.8, 4) is 11.8 Å². The number of nitrogens with zero attached hydrogens (tertiary/aromatic N) is 3. The zero-order chi connectivity index (χ0) is 19.4. The molecule has 6 nitrogen and oxygen atoms in total. The number of likely N-dealkylation sites (tertiary alicyclic amines) is 1. The van der Waals surface area contributed by atoms with Crippen LogP contribution < -0.4 is 4.74 Å². The summed E-state index contributed by atoms with van der Waals surface area (Å²) in [6, 6.07) is 12.7. The lowest BCUT2D eigenvalue weighted by atomic mass is 9.79. The maximum atomic E-state index is 12.7. The van der Waals surface area contributed by atoms with Gasteiger partial charge in [-0.1, -0.05) is 6.07 Å². The summed E-state index contributed by atoms with van der Waals surface area (Å²) < 4.78 is 11.8. The Morgan fingerprint density at radius 2 is 2.25 bits per heavy atom. The van der Waals surface area contributed by atoms with E-state index in [1.54, 1.807) is 36.7 Å². The van der Waals surface area contributed by atoms with E-state index in [2.05, 4.69) is 11.1 Å². The summed E-state index contributed by atoms with van der Waals surface area (Å²) in [4.78, 5) is 18.5. The molecule has 0 radical (unpaired) electrons. The lowest BCUT2D eigenvalue weighted by molar-refractivity contribution is -0.166. The van der Waals surface area contributed by atoms with E-state index in [9.17, 15) is 4.79 Å². The number of pyridine rings is 1. The number of hydrogen-bond donors (Lipinski definition) is 0. The van der Waals surface area contributed by atoms with Gasteiger partial charge in [-0.2, -0.15) is 5.26 Å². The van der Waals surface area contributed by atoms with Crippen molar-refractivity contribution in [1.82, 2.24) is 9.88 Å². The number of aromatic nitrogens is 1. The molecular weight excluding hydrogens is 354 g/mol. The first-order valence-electron chi connectivity index (χ1n) is 9.64. The average molecular weight is 377 g/mol. The molecule has 0 bridgehead atoms. The molecule has 2 fully saturated rings. The van der Waals surface area contributed by atoms with E-state index in [-0.39, 0.29) is 11.5 Å². The largest absolute Gasteiger partial charge is 0.492 e. The molecule has 1 amide bonds. The molecule has 0 saturated carbocycles. The predicted octanol–water partition coefficient (Wildman–Crippen LogP) is 3.04. The van der Waals surface area contributed by atoms with Gasteiger partial charge in [0, 0.05) is 18.4 Å². The van der Waals surface area contributed by atoms with Gasteiger partial charge >= 0.3 is 0 Å². The normalized spacial score (nSPS) is 20.2. The van der Waals surface area contributed by atoms with Gasteiger partial charge in [-0.15, -0.1) is 0 Å². The van der Waals surface area contributed by atoms with Gasteiger partial charge < -0.3 is 14.4 Å². The average Bonchev–Trinajstić information content (AvgIpc) is 2.72. The molecule has 144 valence electrons. The van der Waals surface area contributed by atoms with Crippen molar-refractivity contribution in [3.05, 3.63) is 59.9 Å². The minimum Gasteiger partial charge on any atom is -0.492 e. The second kappa shape index (κ2) is 7.99. The van der Waals surface area contributed by atoms with Gasteiger partial charge in [0.05, 0.1) is 37.5 Å². The number of rotatable bonds is 5. The molecule has 6 heteroatoms. The molecule has 2 saturated heterocycles. The van der Waals surface area contributed by atoms with Crippen LogP contribution in [0, 0.1) is 17.2 Å². The molecule has 3 heterocycles. The highest BCUT2D eigenvalue weighted by Gasteiger charge is 2.49. The molecule has 1 spiro atoms. The fourth-order valence-electron chi connectivity index (χ4n) is 4.07. The van der Waals surface area contributed by atoms with Crippen LogP contribution in [0.2, 0.25) is 0 Å². The maximum Gasteiger partial charge on any atom is 0.254 e. The molecule has 4 rings (SSSR count). The van der Waals surface area contributed by atoms with Crippen LogP contribution in [0.15, 0.2) is 48.8 Å². The Morgan fingerprint density at radius 1 is 1.36 bits per heavy atom. The van der Waals surface area contributed by atoms with Gasteiger partial charge in [-0.3, -0.25) is 9.78 Å². The van der Waals surface area contributed by atoms with Crippen LogP contribution in [0.5, 0.6) is 5.75 Å². The van der Waals surface area contributed by atoms with Gasteiger partial charge in [-0.05, 0) is 55.5 Å². The summed E-state index contributed by atoms with van der Waals surface area (Å²) in [5, 5.41) is 9.02. The number of ether oxygens (including phenoxy) is 2. The highest BCUT2D eigenvalue weighted by atomic mass is 16.5. The van der Waals surface area contributed by atoms with Crippen LogP contribution in [-0.4, -0.2) is 47.7 Å². The quantitative estimate of drug-likeness (QED) is 0.801. The molecule has 0 aliphatic carbocycles. The van der Waals surface area contributed by atoms with Crippen molar-refractivity contribution in [2.45, 2.75) is 24.9 Å². The maximum absolute atomic E-state index is 12.7. The summed E-state index contributed by atoms with van der Waals surface area (Å²) >= 11 is 0. The molecule has 1 aromatic heterocycles. The standard InChI is InChI=1S/C22H23N3O3/c23-13-18-3-1-4-19(11-18)21(26)25-15-22(16-25)12-17(7-10-28-22)6-9-27-20-5-2-8-24-14-20/h1-5,8,11,14,17H,6-7,9-10,12,15-16H2/t17-/m0/s1. The highest BCUT2D eigenvalue weighted by molar-refractivity contribution is 5.95. The Bertz CT molecular complexity index is 872. The minimum absolute atomic E-state index is 0.0339. The molecule has 2 aliphatic rings. The Hall–Kier alpha value is -2.91. The molecule has 2 aliphatic heterocycles. The number of carbonyl (C=O) groups is 1. The van der Waals surface area contributed by atoms with E-state index in [0.29, 0.717) is 36.7 Å². The molecule has 1 atom stereocenters. The molecule has 0 N–H and O–H groups in total. The van der Waals surface area contributed by atoms with Gasteiger partial charge in [0.2, 0.25) is 0 Å². The lowest BCUT2D eigenvalue weighted by Crippen LogP contribution is -2.66. The molecule has 2 aromatic rings. The summed E-state index contributed by atoms with van der Waals surface area (Å²) in [7, 11) is 0. The molecule has 0 unspecified atom stereocenters. The first-order chi connectivity index (χ1) is 13.7. The van der Waals surface area contributed by atoms with Gasteiger partial charge in [-0.25, -0.2) is 0 Å². The van der Waals surface area contributed by atoms with Crippen molar-refractivity contribution >= 4 is 5.91 Å². The van der Waals surface area contributed by atoms with Crippen molar-refractivity contribution in [2.75, 3.05) is 26.3 Å². The Labute approximate surface area is 164 Å². The third kappa shape index (κ3) is 4.00. The van der Waals surface area contributed by atoms with Crippen LogP contribution in [0.1, 0.15) is 35.2 Å². The number of benzene rings is 1. The van der Waals surface area contributed by atoms with Crippen LogP contribution in [-0.2, 0) is 4.74 Å². The fraction of sp³-hybridized carbons (Fsp3) is 0.409. The van der Waals surface area contributed by atoms with Gasteiger partial charge in [0.1, 0.15) is 11.4 Å². The number of hydrogen-bond acceptors (Lipinski definition) is 5. The molecule has 28 heavy (non-hydrogen) atoms. The summed E-state index contributed by atoms with van der Waals surface area (Å²) in [6.45, 7) is 2.62. The van der Waals surface area contributed by atoms with Crippen molar-refractivity contribution < 1.29 is 14.3 Å². The van der Waals surface area contributed by atoms with Crippen molar-refractivity contribution in [1.29, 1.82) is 5.26 Å². The second-order valence-electron chi connectivity index (χ2n) is 7.57. The van der Waals surface area contributed by atoms with Crippen molar-refractivity contribution in [3.63, 3.8) is 0 Å². The zero-order valence-electron chi connectivity index (χ0n) is 15.7. The van der Waals surface area contributed by atoms with Crippen LogP contribution in [0.4, 0.5) is 0 Å². The van der Waals surface area contributed by atoms with Gasteiger partial charge in [0.25, 0.3) is 5.91 Å². The smallest absolute Gasteiger partial charge is 0.254 e. The topological polar surface area (TPSA) is 75.5 Å². The monoisotopic (exact) mass is 377 g/mol. The number of carbonyl (C=O) groups excluding carboxylic acids is 1. The van der Waals surface area contributed by atoms with Crippen molar-refractivity contribution in [2.24, 2.45) is 5.92 Å². The Morgan fingerprint density at radius 3 is 3.04 bits per heavy atom. The van der Waals surface area contributed by atoms with E-state index in [0.717, 1.165) is 31.6 Å². The van der Waals surface area contributed by atoms with E-state index in [1.807, 2.05) is 17.0 Å². The number of amides is 1. The first kappa shape index (κ1) is 18.5. The highest BCUT2D eigenvalue weighted by Crippen LogP contribution is 2.38. The van der Waals surface area contributed by atoms with E-state index in [1.165, 1.54) is 0 Å². The van der Waals surface area contributed by atoms with Crippen LogP contribution >= 0.6 is 0 Å². The Kier molecular flexibility index (Phi) is 5.27. The van der Waals surface area contributed by atoms with E-state index < -0.39 is 0 Å². The molecule has 1 aromatic carbocycles. The summed E-state index contributed by atoms with van der Waals surface area (Å²) in [5.74, 6) is 1.29. The Balaban J connectivity index is 1.28. The molecular formula is C22H23N3O3. The lowest BCUT2D eigenvalue weighted by Gasteiger charge is -2.53. The van der Waals surface area contributed by atoms with Crippen LogP contribution in [0.3, 0.4) is 0 Å². The predicted molar refractivity (Wildman–Crippen MR) is 103 cm³/mol. The summed E-state index contributed by atoms with van der Waals surface area (Å²) in [6.07, 6.45) is 6.40. The van der Waals surface area contributed by atoms with E-state index >= 15 is 0 Å².